The van der Waals surface area contributed by atoms with Crippen LogP contribution in [-0.2, 0) is 9.30 Å². The lowest BCUT2D eigenvalue weighted by atomic mass is 9.97. The Labute approximate surface area is 192 Å². The molecule has 1 fully saturated rings. The second-order valence-electron chi connectivity index (χ2n) is 7.38. The average molecular weight is 488 g/mol. The van der Waals surface area contributed by atoms with Gasteiger partial charge in [-0.05, 0) is 55.7 Å². The van der Waals surface area contributed by atoms with Gasteiger partial charge in [0.15, 0.2) is 5.11 Å². The summed E-state index contributed by atoms with van der Waals surface area (Å²) in [7, 11) is -4.32. The van der Waals surface area contributed by atoms with Crippen LogP contribution in [0, 0.1) is 12.3 Å². The summed E-state index contributed by atoms with van der Waals surface area (Å²) in [6.07, 6.45) is -0.118. The molecular formula is C20H29N2O8PS. The molecule has 7 N–H and O–H groups in total. The number of thiocarbonyl (C=S) groups is 1. The molecule has 32 heavy (non-hydrogen) atoms. The number of hydrogen-bond donors (Lipinski definition) is 7. The lowest BCUT2D eigenvalue weighted by Crippen LogP contribution is -2.59. The summed E-state index contributed by atoms with van der Waals surface area (Å²) in [6, 6.07) is 6.56. The van der Waals surface area contributed by atoms with Crippen molar-refractivity contribution in [2.24, 2.45) is 0 Å². The van der Waals surface area contributed by atoms with Crippen molar-refractivity contribution >= 4 is 30.6 Å². The molecule has 1 heterocycles. The molecule has 1 aromatic rings. The van der Waals surface area contributed by atoms with Gasteiger partial charge < -0.3 is 45.2 Å². The number of nitrogens with one attached hydrogen (secondary N) is 2. The van der Waals surface area contributed by atoms with Crippen molar-refractivity contribution in [3.05, 3.63) is 24.3 Å². The number of aliphatic hydroxyl groups is 3. The zero-order chi connectivity index (χ0) is 23.7. The van der Waals surface area contributed by atoms with E-state index in [1.807, 2.05) is 0 Å². The monoisotopic (exact) mass is 488 g/mol. The van der Waals surface area contributed by atoms with Crippen LogP contribution in [0.4, 0.5) is 5.69 Å². The molecule has 0 saturated carbocycles. The van der Waals surface area contributed by atoms with Crippen molar-refractivity contribution in [2.75, 3.05) is 18.0 Å². The van der Waals surface area contributed by atoms with E-state index in [1.165, 1.54) is 0 Å². The van der Waals surface area contributed by atoms with E-state index in [9.17, 15) is 19.9 Å². The standard InChI is InChI=1S/C20H29N2O8PS/c1-2-3-4-5-11-21-20(32)22-13-6-8-14(9-7-13)29-19-18(25)17(24)16(23)15(30-19)10-12-31(26,27)28/h1,6-9,15-19,23-25H,3-5,10-12H2,(H2,21,22,32)(H2,26,27,28)/t15-,16-,17+,18+,19-/m1/s1. The summed E-state index contributed by atoms with van der Waals surface area (Å²) in [6.45, 7) is 0.697. The van der Waals surface area contributed by atoms with E-state index >= 15 is 0 Å². The Kier molecular flexibility index (Phi) is 10.3. The molecule has 2 rings (SSSR count). The zero-order valence-corrected chi connectivity index (χ0v) is 19.0. The highest BCUT2D eigenvalue weighted by molar-refractivity contribution is 7.80. The molecule has 0 spiro atoms. The van der Waals surface area contributed by atoms with Gasteiger partial charge in [0.1, 0.15) is 24.1 Å². The maximum atomic E-state index is 11.1. The van der Waals surface area contributed by atoms with Gasteiger partial charge in [-0.25, -0.2) is 0 Å². The molecule has 0 aliphatic carbocycles. The molecule has 1 saturated heterocycles. The lowest BCUT2D eigenvalue weighted by molar-refractivity contribution is -0.272. The Balaban J connectivity index is 1.89. The molecule has 1 aliphatic heterocycles. The van der Waals surface area contributed by atoms with Crippen molar-refractivity contribution < 1.29 is 39.1 Å². The van der Waals surface area contributed by atoms with E-state index in [2.05, 4.69) is 16.6 Å². The van der Waals surface area contributed by atoms with Crippen LogP contribution in [0.25, 0.3) is 0 Å². The Morgan fingerprint density at radius 3 is 2.47 bits per heavy atom. The van der Waals surface area contributed by atoms with E-state index in [1.54, 1.807) is 24.3 Å². The molecule has 0 bridgehead atoms. The van der Waals surface area contributed by atoms with Gasteiger partial charge in [0.05, 0.1) is 12.3 Å². The smallest absolute Gasteiger partial charge is 0.325 e. The largest absolute Gasteiger partial charge is 0.462 e. The SMILES string of the molecule is C#CCCCCNC(=S)Nc1ccc(O[C@@H]2O[C@H](CCP(=O)(O)O)[C@@H](O)[C@H](O)[C@@H]2O)cc1. The first-order valence-electron chi connectivity index (χ1n) is 10.1. The molecule has 1 aromatic carbocycles. The summed E-state index contributed by atoms with van der Waals surface area (Å²) < 4.78 is 22.1. The number of anilines is 1. The topological polar surface area (TPSA) is 161 Å². The third-order valence-corrected chi connectivity index (χ3v) is 5.86. The van der Waals surface area contributed by atoms with Crippen LogP contribution in [-0.4, -0.2) is 73.6 Å². The van der Waals surface area contributed by atoms with Gasteiger partial charge >= 0.3 is 7.60 Å². The molecule has 178 valence electrons. The molecule has 0 aromatic heterocycles. The summed E-state index contributed by atoms with van der Waals surface area (Å²) in [5, 5.41) is 36.8. The van der Waals surface area contributed by atoms with E-state index in [0.29, 0.717) is 23.1 Å². The highest BCUT2D eigenvalue weighted by Crippen LogP contribution is 2.37. The van der Waals surface area contributed by atoms with Crippen molar-refractivity contribution in [2.45, 2.75) is 56.4 Å². The summed E-state index contributed by atoms with van der Waals surface area (Å²) in [5.74, 6) is 2.89. The number of aliphatic hydroxyl groups excluding tert-OH is 3. The van der Waals surface area contributed by atoms with Crippen LogP contribution in [0.2, 0.25) is 0 Å². The quantitative estimate of drug-likeness (QED) is 0.106. The third-order valence-electron chi connectivity index (χ3n) is 4.77. The Hall–Kier alpha value is -1.74. The molecule has 1 aliphatic rings. The highest BCUT2D eigenvalue weighted by atomic mass is 32.1. The predicted octanol–water partition coefficient (Wildman–Crippen LogP) is 0.531. The first kappa shape index (κ1) is 26.5. The number of benzene rings is 1. The van der Waals surface area contributed by atoms with Crippen LogP contribution >= 0.6 is 19.8 Å². The van der Waals surface area contributed by atoms with Crippen LogP contribution in [0.5, 0.6) is 5.75 Å². The third kappa shape index (κ3) is 8.65. The number of ether oxygens (including phenoxy) is 2. The fourth-order valence-corrected chi connectivity index (χ4v) is 3.84. The van der Waals surface area contributed by atoms with Crippen molar-refractivity contribution in [1.82, 2.24) is 5.32 Å². The number of terminal acetylenes is 1. The normalized spacial score (nSPS) is 25.6. The Bertz CT molecular complexity index is 828. The van der Waals surface area contributed by atoms with E-state index in [4.69, 9.17) is 37.9 Å². The summed E-state index contributed by atoms with van der Waals surface area (Å²) in [5.41, 5.74) is 0.693. The first-order chi connectivity index (χ1) is 15.1. The van der Waals surface area contributed by atoms with Gasteiger partial charge in [-0.3, -0.25) is 4.57 Å². The van der Waals surface area contributed by atoms with Crippen molar-refractivity contribution in [1.29, 1.82) is 0 Å². The molecule has 0 unspecified atom stereocenters. The number of rotatable bonds is 10. The van der Waals surface area contributed by atoms with Crippen LogP contribution in [0.1, 0.15) is 25.7 Å². The van der Waals surface area contributed by atoms with Gasteiger partial charge in [0.25, 0.3) is 0 Å². The van der Waals surface area contributed by atoms with Crippen LogP contribution in [0.3, 0.4) is 0 Å². The van der Waals surface area contributed by atoms with E-state index < -0.39 is 44.5 Å². The van der Waals surface area contributed by atoms with Gasteiger partial charge in [0.2, 0.25) is 6.29 Å². The minimum Gasteiger partial charge on any atom is -0.462 e. The second kappa shape index (κ2) is 12.5. The lowest BCUT2D eigenvalue weighted by Gasteiger charge is -2.40. The average Bonchev–Trinajstić information content (AvgIpc) is 2.74. The van der Waals surface area contributed by atoms with Gasteiger partial charge in [0, 0.05) is 18.7 Å². The molecule has 5 atom stereocenters. The number of hydrogen-bond acceptors (Lipinski definition) is 7. The fourth-order valence-electron chi connectivity index (χ4n) is 3.03. The zero-order valence-electron chi connectivity index (χ0n) is 17.3. The first-order valence-corrected chi connectivity index (χ1v) is 12.3. The van der Waals surface area contributed by atoms with Crippen LogP contribution < -0.4 is 15.4 Å². The Morgan fingerprint density at radius 1 is 1.16 bits per heavy atom. The summed E-state index contributed by atoms with van der Waals surface area (Å²) >= 11 is 5.23. The van der Waals surface area contributed by atoms with Gasteiger partial charge in [-0.1, -0.05) is 0 Å². The van der Waals surface area contributed by atoms with E-state index in [0.717, 1.165) is 19.3 Å². The summed E-state index contributed by atoms with van der Waals surface area (Å²) in [4.78, 5) is 18.1. The van der Waals surface area contributed by atoms with E-state index in [-0.39, 0.29) is 6.42 Å². The second-order valence-corrected chi connectivity index (χ2v) is 9.56. The molecule has 10 nitrogen and oxygen atoms in total. The molecule has 0 radical (unpaired) electrons. The van der Waals surface area contributed by atoms with Gasteiger partial charge in [-0.2, -0.15) is 0 Å². The number of unbranched alkanes of at least 4 members (excludes halogenated alkanes) is 2. The maximum absolute atomic E-state index is 11.1. The predicted molar refractivity (Wildman–Crippen MR) is 122 cm³/mol. The van der Waals surface area contributed by atoms with Crippen LogP contribution in [0.15, 0.2) is 24.3 Å². The van der Waals surface area contributed by atoms with Crippen molar-refractivity contribution in [3.8, 4) is 18.1 Å². The molecule has 12 heteroatoms. The minimum absolute atomic E-state index is 0.217. The Morgan fingerprint density at radius 2 is 1.84 bits per heavy atom. The maximum Gasteiger partial charge on any atom is 0.325 e. The molecule has 0 amide bonds. The van der Waals surface area contributed by atoms with Crippen molar-refractivity contribution in [3.63, 3.8) is 0 Å². The highest BCUT2D eigenvalue weighted by Gasteiger charge is 2.45. The minimum atomic E-state index is -4.32. The molecular weight excluding hydrogens is 459 g/mol. The fraction of sp³-hybridized carbons (Fsp3) is 0.550. The van der Waals surface area contributed by atoms with Gasteiger partial charge in [-0.15, -0.1) is 12.3 Å².